The summed E-state index contributed by atoms with van der Waals surface area (Å²) in [5.74, 6) is 11.5. The largest absolute Gasteiger partial charge is 0.430 e. The van der Waals surface area contributed by atoms with Crippen LogP contribution in [0.5, 0.6) is 0 Å². The monoisotopic (exact) mass is 328 g/mol. The molecular weight excluding hydrogens is 316 g/mol. The van der Waals surface area contributed by atoms with Crippen molar-refractivity contribution in [2.45, 2.75) is 25.2 Å². The summed E-state index contributed by atoms with van der Waals surface area (Å²) in [4.78, 5) is 14.0. The predicted octanol–water partition coefficient (Wildman–Crippen LogP) is 3.52. The Balaban J connectivity index is 2.42. The summed E-state index contributed by atoms with van der Waals surface area (Å²) in [5.41, 5.74) is 0.191. The number of benzene rings is 1. The third kappa shape index (κ3) is 2.79. The number of allylic oxidation sites excluding steroid dienone is 1. The van der Waals surface area contributed by atoms with Gasteiger partial charge in [-0.3, -0.25) is 4.79 Å². The van der Waals surface area contributed by atoms with Gasteiger partial charge in [-0.15, -0.1) is 0 Å². The average Bonchev–Trinajstić information content (AvgIpc) is 2.82. The van der Waals surface area contributed by atoms with Gasteiger partial charge >= 0.3 is 5.97 Å². The van der Waals surface area contributed by atoms with Crippen LogP contribution in [0.25, 0.3) is 0 Å². The van der Waals surface area contributed by atoms with Gasteiger partial charge in [-0.1, -0.05) is 58.1 Å². The summed E-state index contributed by atoms with van der Waals surface area (Å²) in [6, 6.07) is 9.63. The van der Waals surface area contributed by atoms with Gasteiger partial charge in [-0.05, 0) is 24.3 Å². The Labute approximate surface area is 127 Å². The van der Waals surface area contributed by atoms with Gasteiger partial charge in [-0.2, -0.15) is 0 Å². The SMILES string of the molecule is CC#CC#CC[C@]1(c2ccccc2)C/C(=C\Br)OC1=O. The van der Waals surface area contributed by atoms with E-state index >= 15 is 0 Å². The first kappa shape index (κ1) is 14.4. The highest BCUT2D eigenvalue weighted by molar-refractivity contribution is 9.11. The third-order valence-corrected chi connectivity index (χ3v) is 3.72. The van der Waals surface area contributed by atoms with Gasteiger partial charge in [0.25, 0.3) is 0 Å². The molecule has 20 heavy (non-hydrogen) atoms. The molecule has 1 atom stereocenters. The second-order valence-electron chi connectivity index (χ2n) is 4.44. The molecule has 2 nitrogen and oxygen atoms in total. The van der Waals surface area contributed by atoms with Gasteiger partial charge in [0, 0.05) is 17.8 Å². The zero-order valence-electron chi connectivity index (χ0n) is 11.1. The van der Waals surface area contributed by atoms with Crippen LogP contribution >= 0.6 is 15.9 Å². The number of ether oxygens (including phenoxy) is 1. The van der Waals surface area contributed by atoms with Gasteiger partial charge < -0.3 is 4.74 Å². The summed E-state index contributed by atoms with van der Waals surface area (Å²) in [6.45, 7) is 1.73. The number of carbonyl (C=O) groups excluding carboxylic acids is 1. The number of esters is 1. The minimum Gasteiger partial charge on any atom is -0.430 e. The van der Waals surface area contributed by atoms with Crippen molar-refractivity contribution in [3.05, 3.63) is 46.6 Å². The van der Waals surface area contributed by atoms with Crippen LogP contribution in [-0.4, -0.2) is 5.97 Å². The van der Waals surface area contributed by atoms with Gasteiger partial charge in [0.05, 0.1) is 0 Å². The molecule has 1 aromatic carbocycles. The molecule has 3 heteroatoms. The molecule has 0 saturated carbocycles. The number of carbonyl (C=O) groups is 1. The molecular formula is C17H13BrO2. The van der Waals surface area contributed by atoms with Crippen molar-refractivity contribution in [3.63, 3.8) is 0 Å². The molecule has 1 aliphatic heterocycles. The molecule has 1 heterocycles. The highest BCUT2D eigenvalue weighted by Crippen LogP contribution is 2.42. The highest BCUT2D eigenvalue weighted by atomic mass is 79.9. The topological polar surface area (TPSA) is 26.3 Å². The van der Waals surface area contributed by atoms with Crippen LogP contribution < -0.4 is 0 Å². The van der Waals surface area contributed by atoms with Crippen LogP contribution in [0, 0.1) is 23.7 Å². The molecule has 0 spiro atoms. The normalized spacial score (nSPS) is 22.5. The molecule has 1 aromatic rings. The van der Waals surface area contributed by atoms with Crippen molar-refractivity contribution in [2.24, 2.45) is 0 Å². The summed E-state index contributed by atoms with van der Waals surface area (Å²) in [6.07, 6.45) is 0.907. The molecule has 2 rings (SSSR count). The van der Waals surface area contributed by atoms with E-state index in [0.29, 0.717) is 18.6 Å². The number of hydrogen-bond acceptors (Lipinski definition) is 2. The first-order chi connectivity index (χ1) is 9.73. The Morgan fingerprint density at radius 3 is 2.70 bits per heavy atom. The van der Waals surface area contributed by atoms with Crippen molar-refractivity contribution in [1.82, 2.24) is 0 Å². The van der Waals surface area contributed by atoms with Crippen LogP contribution in [-0.2, 0) is 14.9 Å². The summed E-state index contributed by atoms with van der Waals surface area (Å²) < 4.78 is 5.31. The van der Waals surface area contributed by atoms with Crippen molar-refractivity contribution in [3.8, 4) is 23.7 Å². The Hall–Kier alpha value is -1.97. The first-order valence-corrected chi connectivity index (χ1v) is 7.11. The Morgan fingerprint density at radius 2 is 2.10 bits per heavy atom. The maximum absolute atomic E-state index is 12.3. The molecule has 0 unspecified atom stereocenters. The molecule has 100 valence electrons. The van der Waals surface area contributed by atoms with Crippen molar-refractivity contribution < 1.29 is 9.53 Å². The summed E-state index contributed by atoms with van der Waals surface area (Å²) >= 11 is 3.22. The molecule has 0 radical (unpaired) electrons. The minimum absolute atomic E-state index is 0.256. The molecule has 0 bridgehead atoms. The van der Waals surface area contributed by atoms with Gasteiger partial charge in [0.15, 0.2) is 0 Å². The van der Waals surface area contributed by atoms with Gasteiger partial charge in [0.2, 0.25) is 0 Å². The van der Waals surface area contributed by atoms with Crippen molar-refractivity contribution in [1.29, 1.82) is 0 Å². The van der Waals surface area contributed by atoms with E-state index in [0.717, 1.165) is 5.56 Å². The fourth-order valence-electron chi connectivity index (χ4n) is 2.20. The Morgan fingerprint density at radius 1 is 1.35 bits per heavy atom. The second kappa shape index (κ2) is 6.46. The van der Waals surface area contributed by atoms with E-state index in [-0.39, 0.29) is 5.97 Å². The lowest BCUT2D eigenvalue weighted by molar-refractivity contribution is -0.140. The zero-order valence-corrected chi connectivity index (χ0v) is 12.7. The van der Waals surface area contributed by atoms with Crippen LogP contribution in [0.2, 0.25) is 0 Å². The zero-order chi connectivity index (χ0) is 14.4. The predicted molar refractivity (Wildman–Crippen MR) is 81.7 cm³/mol. The lowest BCUT2D eigenvalue weighted by Crippen LogP contribution is -2.31. The highest BCUT2D eigenvalue weighted by Gasteiger charge is 2.47. The lowest BCUT2D eigenvalue weighted by Gasteiger charge is -2.22. The van der Waals surface area contributed by atoms with E-state index in [9.17, 15) is 4.79 Å². The average molecular weight is 329 g/mol. The quantitative estimate of drug-likeness (QED) is 0.613. The molecule has 0 N–H and O–H groups in total. The standard InChI is InChI=1S/C17H13BrO2/c1-2-3-4-8-11-17(14-9-6-5-7-10-14)12-15(13-18)20-16(17)19/h5-7,9-10,13H,11-12H2,1H3/b15-13+/t17-/m1/s1. The number of halogens is 1. The molecule has 0 aliphatic carbocycles. The van der Waals surface area contributed by atoms with Crippen molar-refractivity contribution in [2.75, 3.05) is 0 Å². The molecule has 1 aliphatic rings. The smallest absolute Gasteiger partial charge is 0.323 e. The number of cyclic esters (lactones) is 1. The molecule has 0 amide bonds. The molecule has 1 fully saturated rings. The number of hydrogen-bond donors (Lipinski definition) is 0. The van der Waals surface area contributed by atoms with Crippen LogP contribution in [0.1, 0.15) is 25.3 Å². The fraction of sp³-hybridized carbons (Fsp3) is 0.235. The second-order valence-corrected chi connectivity index (χ2v) is 4.90. The minimum atomic E-state index is -0.733. The van der Waals surface area contributed by atoms with E-state index in [2.05, 4.69) is 39.6 Å². The van der Waals surface area contributed by atoms with Crippen molar-refractivity contribution >= 4 is 21.9 Å². The Kier molecular flexibility index (Phi) is 4.66. The van der Waals surface area contributed by atoms with Crippen LogP contribution in [0.15, 0.2) is 41.1 Å². The lowest BCUT2D eigenvalue weighted by atomic mass is 9.76. The van der Waals surface area contributed by atoms with Crippen LogP contribution in [0.4, 0.5) is 0 Å². The van der Waals surface area contributed by atoms with Crippen LogP contribution in [0.3, 0.4) is 0 Å². The fourth-order valence-corrected chi connectivity index (χ4v) is 2.45. The number of rotatable bonds is 2. The van der Waals surface area contributed by atoms with Gasteiger partial charge in [0.1, 0.15) is 11.2 Å². The molecule has 1 saturated heterocycles. The first-order valence-electron chi connectivity index (χ1n) is 6.19. The maximum atomic E-state index is 12.3. The summed E-state index contributed by atoms with van der Waals surface area (Å²) in [5, 5.41) is 0. The van der Waals surface area contributed by atoms with E-state index < -0.39 is 5.41 Å². The molecule has 0 aromatic heterocycles. The third-order valence-electron chi connectivity index (χ3n) is 3.20. The van der Waals surface area contributed by atoms with Gasteiger partial charge in [-0.25, -0.2) is 0 Å². The van der Waals surface area contributed by atoms with E-state index in [1.807, 2.05) is 30.3 Å². The maximum Gasteiger partial charge on any atom is 0.323 e. The Bertz CT molecular complexity index is 653. The summed E-state index contributed by atoms with van der Waals surface area (Å²) in [7, 11) is 0. The van der Waals surface area contributed by atoms with E-state index in [4.69, 9.17) is 4.74 Å². The van der Waals surface area contributed by atoms with E-state index in [1.54, 1.807) is 11.9 Å². The van der Waals surface area contributed by atoms with E-state index in [1.165, 1.54) is 0 Å².